The van der Waals surface area contributed by atoms with E-state index in [9.17, 15) is 9.59 Å². The van der Waals surface area contributed by atoms with Gasteiger partial charge in [0.15, 0.2) is 0 Å². The Balaban J connectivity index is 2.98. The smallest absolute Gasteiger partial charge is 0.252 e. The zero-order chi connectivity index (χ0) is 9.68. The first-order valence-electron chi connectivity index (χ1n) is 4.05. The van der Waals surface area contributed by atoms with Gasteiger partial charge < -0.3 is 5.32 Å². The first kappa shape index (κ1) is 9.45. The fourth-order valence-corrected chi connectivity index (χ4v) is 1.03. The number of nitrogens with one attached hydrogen (secondary N) is 1. The van der Waals surface area contributed by atoms with Crippen LogP contribution in [0.4, 0.5) is 0 Å². The predicted molar refractivity (Wildman–Crippen MR) is 49.2 cm³/mol. The molecule has 0 spiro atoms. The van der Waals surface area contributed by atoms with Gasteiger partial charge in [0, 0.05) is 12.1 Å². The zero-order valence-corrected chi connectivity index (χ0v) is 7.33. The van der Waals surface area contributed by atoms with Gasteiger partial charge in [-0.25, -0.2) is 0 Å². The largest absolute Gasteiger partial charge is 0.352 e. The van der Waals surface area contributed by atoms with E-state index in [0.717, 1.165) is 0 Å². The maximum absolute atomic E-state index is 11.3. The number of hydrogen-bond donors (Lipinski definition) is 1. The van der Waals surface area contributed by atoms with Crippen molar-refractivity contribution in [1.82, 2.24) is 5.32 Å². The first-order chi connectivity index (χ1) is 6.29. The van der Waals surface area contributed by atoms with Crippen molar-refractivity contribution >= 4 is 12.2 Å². The van der Waals surface area contributed by atoms with Gasteiger partial charge in [-0.1, -0.05) is 18.2 Å². The van der Waals surface area contributed by atoms with Crippen molar-refractivity contribution in [2.45, 2.75) is 6.92 Å². The molecule has 1 aromatic rings. The van der Waals surface area contributed by atoms with Crippen molar-refractivity contribution in [2.24, 2.45) is 0 Å². The second-order valence-electron chi connectivity index (χ2n) is 2.51. The monoisotopic (exact) mass is 176 g/mol. The van der Waals surface area contributed by atoms with E-state index in [1.54, 1.807) is 30.6 Å². The first-order valence-corrected chi connectivity index (χ1v) is 4.05. The molecular formula is C10H10NO2. The highest BCUT2D eigenvalue weighted by molar-refractivity contribution is 6.01. The maximum atomic E-state index is 11.3. The summed E-state index contributed by atoms with van der Waals surface area (Å²) >= 11 is 0. The molecule has 0 heterocycles. The number of rotatable bonds is 3. The fraction of sp³-hybridized carbons (Fsp3) is 0.200. The molecule has 3 heteroatoms. The summed E-state index contributed by atoms with van der Waals surface area (Å²) < 4.78 is 0. The van der Waals surface area contributed by atoms with E-state index >= 15 is 0 Å². The number of amides is 1. The van der Waals surface area contributed by atoms with Gasteiger partial charge in [0.05, 0.1) is 5.56 Å². The molecule has 1 rings (SSSR count). The van der Waals surface area contributed by atoms with Gasteiger partial charge in [-0.3, -0.25) is 9.59 Å². The minimum Gasteiger partial charge on any atom is -0.352 e. The Morgan fingerprint density at radius 2 is 2.15 bits per heavy atom. The predicted octanol–water partition coefficient (Wildman–Crippen LogP) is 0.894. The van der Waals surface area contributed by atoms with E-state index in [4.69, 9.17) is 0 Å². The molecule has 1 N–H and O–H groups in total. The third-order valence-corrected chi connectivity index (χ3v) is 1.62. The average Bonchev–Trinajstić information content (AvgIpc) is 2.18. The molecule has 0 aliphatic rings. The number of hydrogen-bond acceptors (Lipinski definition) is 2. The van der Waals surface area contributed by atoms with Crippen LogP contribution in [-0.4, -0.2) is 18.7 Å². The molecule has 0 aliphatic heterocycles. The molecule has 0 fully saturated rings. The van der Waals surface area contributed by atoms with Crippen LogP contribution in [0.1, 0.15) is 22.8 Å². The van der Waals surface area contributed by atoms with Crippen molar-refractivity contribution in [3.8, 4) is 0 Å². The molecule has 0 bridgehead atoms. The Kier molecular flexibility index (Phi) is 3.20. The van der Waals surface area contributed by atoms with Crippen LogP contribution in [0.15, 0.2) is 24.3 Å². The van der Waals surface area contributed by atoms with Gasteiger partial charge in [0.25, 0.3) is 5.91 Å². The summed E-state index contributed by atoms with van der Waals surface area (Å²) in [7, 11) is 0. The molecule has 13 heavy (non-hydrogen) atoms. The van der Waals surface area contributed by atoms with Gasteiger partial charge in [-0.2, -0.15) is 0 Å². The van der Waals surface area contributed by atoms with Crippen LogP contribution < -0.4 is 5.32 Å². The lowest BCUT2D eigenvalue weighted by molar-refractivity contribution is 0.0955. The molecule has 0 aliphatic carbocycles. The molecule has 0 atom stereocenters. The second-order valence-corrected chi connectivity index (χ2v) is 2.51. The zero-order valence-electron chi connectivity index (χ0n) is 7.33. The van der Waals surface area contributed by atoms with Gasteiger partial charge >= 0.3 is 0 Å². The molecule has 67 valence electrons. The molecule has 0 saturated heterocycles. The van der Waals surface area contributed by atoms with Crippen LogP contribution in [0, 0.1) is 0 Å². The lowest BCUT2D eigenvalue weighted by atomic mass is 10.1. The van der Waals surface area contributed by atoms with Crippen molar-refractivity contribution in [3.63, 3.8) is 0 Å². The van der Waals surface area contributed by atoms with Crippen LogP contribution in [0.3, 0.4) is 0 Å². The van der Waals surface area contributed by atoms with Crippen LogP contribution in [0.5, 0.6) is 0 Å². The summed E-state index contributed by atoms with van der Waals surface area (Å²) in [6.45, 7) is 2.37. The second kappa shape index (κ2) is 4.40. The number of carbonyl (C=O) groups excluding carboxylic acids is 2. The van der Waals surface area contributed by atoms with Crippen molar-refractivity contribution < 1.29 is 9.59 Å². The van der Waals surface area contributed by atoms with Crippen LogP contribution in [0.25, 0.3) is 0 Å². The number of benzene rings is 1. The third kappa shape index (κ3) is 2.15. The lowest BCUT2D eigenvalue weighted by Crippen LogP contribution is -2.23. The summed E-state index contributed by atoms with van der Waals surface area (Å²) in [6, 6.07) is 6.58. The molecular weight excluding hydrogens is 166 g/mol. The molecule has 0 saturated carbocycles. The van der Waals surface area contributed by atoms with Gasteiger partial charge in [-0.15, -0.1) is 0 Å². The quantitative estimate of drug-likeness (QED) is 0.743. The normalized spacial score (nSPS) is 9.31. The molecule has 1 radical (unpaired) electrons. The number of carbonyl (C=O) groups is 1. The van der Waals surface area contributed by atoms with E-state index in [1.165, 1.54) is 0 Å². The minimum atomic E-state index is -0.235. The highest BCUT2D eigenvalue weighted by Crippen LogP contribution is 2.05. The molecule has 1 aromatic carbocycles. The van der Waals surface area contributed by atoms with E-state index in [-0.39, 0.29) is 5.91 Å². The summed E-state index contributed by atoms with van der Waals surface area (Å²) in [5.41, 5.74) is 0.674. The van der Waals surface area contributed by atoms with E-state index in [0.29, 0.717) is 17.7 Å². The highest BCUT2D eigenvalue weighted by Gasteiger charge is 2.08. The van der Waals surface area contributed by atoms with Gasteiger partial charge in [0.1, 0.15) is 0 Å². The minimum absolute atomic E-state index is 0.235. The topological polar surface area (TPSA) is 46.2 Å². The summed E-state index contributed by atoms with van der Waals surface area (Å²) in [4.78, 5) is 21.8. The Hall–Kier alpha value is -1.64. The summed E-state index contributed by atoms with van der Waals surface area (Å²) in [6.07, 6.45) is 1.72. The van der Waals surface area contributed by atoms with Gasteiger partial charge in [-0.05, 0) is 13.0 Å². The maximum Gasteiger partial charge on any atom is 0.252 e. The van der Waals surface area contributed by atoms with E-state index < -0.39 is 0 Å². The van der Waals surface area contributed by atoms with E-state index in [1.807, 2.05) is 6.92 Å². The lowest BCUT2D eigenvalue weighted by Gasteiger charge is -2.02. The fourth-order valence-electron chi connectivity index (χ4n) is 1.03. The highest BCUT2D eigenvalue weighted by atomic mass is 16.1. The third-order valence-electron chi connectivity index (χ3n) is 1.62. The Morgan fingerprint density at radius 3 is 2.77 bits per heavy atom. The van der Waals surface area contributed by atoms with Crippen LogP contribution >= 0.6 is 0 Å². The molecule has 0 aromatic heterocycles. The van der Waals surface area contributed by atoms with E-state index in [2.05, 4.69) is 5.32 Å². The van der Waals surface area contributed by atoms with Gasteiger partial charge in [0.2, 0.25) is 6.29 Å². The summed E-state index contributed by atoms with van der Waals surface area (Å²) in [5.74, 6) is -0.235. The standard InChI is InChI=1S/C10H10NO2/c1-2-11-10(13)9-6-4-3-5-8(9)7-12/h3-6H,2H2,1H3,(H,11,13). The van der Waals surface area contributed by atoms with Crippen molar-refractivity contribution in [3.05, 3.63) is 35.4 Å². The van der Waals surface area contributed by atoms with Crippen molar-refractivity contribution in [1.29, 1.82) is 0 Å². The Bertz CT molecular complexity index is 320. The van der Waals surface area contributed by atoms with Crippen LogP contribution in [-0.2, 0) is 4.79 Å². The molecule has 0 unspecified atom stereocenters. The Labute approximate surface area is 76.8 Å². The van der Waals surface area contributed by atoms with Crippen molar-refractivity contribution in [2.75, 3.05) is 6.54 Å². The van der Waals surface area contributed by atoms with Crippen LogP contribution in [0.2, 0.25) is 0 Å². The SMILES string of the molecule is CCNC(=O)c1ccccc1[C]=O. The summed E-state index contributed by atoms with van der Waals surface area (Å²) in [5, 5.41) is 2.62. The molecule has 1 amide bonds. The Morgan fingerprint density at radius 1 is 1.46 bits per heavy atom. The molecule has 3 nitrogen and oxygen atoms in total. The average molecular weight is 176 g/mol.